The number of rotatable bonds is 7. The Morgan fingerprint density at radius 3 is 2.57 bits per heavy atom. The third kappa shape index (κ3) is 6.95. The van der Waals surface area contributed by atoms with E-state index in [0.29, 0.717) is 5.41 Å². The van der Waals surface area contributed by atoms with Crippen LogP contribution in [0.25, 0.3) is 0 Å². The number of ether oxygens (including phenoxy) is 1. The van der Waals surface area contributed by atoms with Gasteiger partial charge in [0, 0.05) is 0 Å². The molecule has 0 spiro atoms. The maximum Gasteiger partial charge on any atom is 0.119 e. The summed E-state index contributed by atoms with van der Waals surface area (Å²) in [7, 11) is 0. The zero-order valence-electron chi connectivity index (χ0n) is 15.6. The molecule has 1 aliphatic rings. The number of piperidine rings is 1. The molecule has 1 saturated heterocycles. The number of benzene rings is 1. The first-order valence-corrected chi connectivity index (χ1v) is 9.40. The van der Waals surface area contributed by atoms with Crippen LogP contribution in [0.4, 0.5) is 0 Å². The third-order valence-electron chi connectivity index (χ3n) is 4.81. The number of hydrogen-bond donors (Lipinski definition) is 0. The van der Waals surface area contributed by atoms with Gasteiger partial charge in [-0.05, 0) is 80.8 Å². The Morgan fingerprint density at radius 1 is 1.17 bits per heavy atom. The van der Waals surface area contributed by atoms with Crippen molar-refractivity contribution in [1.82, 2.24) is 4.90 Å². The van der Waals surface area contributed by atoms with Gasteiger partial charge in [-0.1, -0.05) is 39.8 Å². The average Bonchev–Trinajstić information content (AvgIpc) is 2.51. The fourth-order valence-electron chi connectivity index (χ4n) is 3.51. The molecule has 2 rings (SSSR count). The second-order valence-corrected chi connectivity index (χ2v) is 8.25. The Balaban J connectivity index is 1.67. The van der Waals surface area contributed by atoms with Crippen LogP contribution in [-0.4, -0.2) is 31.1 Å². The SMILES string of the molecule is CCN1CCC(CCCOc2cccc(CC(C)(C)C)c2)CC1. The molecule has 1 fully saturated rings. The van der Waals surface area contributed by atoms with Gasteiger partial charge in [0.05, 0.1) is 6.61 Å². The lowest BCUT2D eigenvalue weighted by Crippen LogP contribution is -2.33. The molecule has 0 radical (unpaired) electrons. The highest BCUT2D eigenvalue weighted by Gasteiger charge is 2.17. The van der Waals surface area contributed by atoms with E-state index in [1.807, 2.05) is 0 Å². The van der Waals surface area contributed by atoms with E-state index < -0.39 is 0 Å². The van der Waals surface area contributed by atoms with Crippen LogP contribution in [0, 0.1) is 11.3 Å². The van der Waals surface area contributed by atoms with Gasteiger partial charge in [-0.15, -0.1) is 0 Å². The summed E-state index contributed by atoms with van der Waals surface area (Å²) in [4.78, 5) is 2.56. The highest BCUT2D eigenvalue weighted by atomic mass is 16.5. The molecule has 0 atom stereocenters. The number of nitrogens with zero attached hydrogens (tertiary/aromatic N) is 1. The minimum atomic E-state index is 0.325. The van der Waals surface area contributed by atoms with Crippen molar-refractivity contribution in [3.63, 3.8) is 0 Å². The molecule has 0 aromatic heterocycles. The summed E-state index contributed by atoms with van der Waals surface area (Å²) in [6.45, 7) is 13.8. The maximum atomic E-state index is 5.98. The third-order valence-corrected chi connectivity index (χ3v) is 4.81. The van der Waals surface area contributed by atoms with Crippen molar-refractivity contribution in [3.8, 4) is 5.75 Å². The lowest BCUT2D eigenvalue weighted by molar-refractivity contribution is 0.179. The zero-order chi connectivity index (χ0) is 16.7. The molecule has 1 aromatic rings. The first-order valence-electron chi connectivity index (χ1n) is 9.40. The normalized spacial score (nSPS) is 17.4. The lowest BCUT2D eigenvalue weighted by Gasteiger charge is -2.30. The Labute approximate surface area is 143 Å². The van der Waals surface area contributed by atoms with E-state index in [4.69, 9.17) is 4.74 Å². The summed E-state index contributed by atoms with van der Waals surface area (Å²) in [5.74, 6) is 1.95. The van der Waals surface area contributed by atoms with Crippen molar-refractivity contribution in [3.05, 3.63) is 29.8 Å². The molecule has 2 heteroatoms. The molecule has 0 N–H and O–H groups in total. The van der Waals surface area contributed by atoms with Gasteiger partial charge in [0.25, 0.3) is 0 Å². The quantitative estimate of drug-likeness (QED) is 0.644. The van der Waals surface area contributed by atoms with Crippen LogP contribution in [0.3, 0.4) is 0 Å². The van der Waals surface area contributed by atoms with Gasteiger partial charge in [-0.3, -0.25) is 0 Å². The van der Waals surface area contributed by atoms with Crippen molar-refractivity contribution in [2.24, 2.45) is 11.3 Å². The molecule has 0 aliphatic carbocycles. The summed E-state index contributed by atoms with van der Waals surface area (Å²) < 4.78 is 5.98. The second kappa shape index (κ2) is 8.73. The Bertz CT molecular complexity index is 455. The van der Waals surface area contributed by atoms with Crippen LogP contribution in [0.2, 0.25) is 0 Å². The Morgan fingerprint density at radius 2 is 1.91 bits per heavy atom. The minimum absolute atomic E-state index is 0.325. The van der Waals surface area contributed by atoms with Crippen molar-refractivity contribution < 1.29 is 4.74 Å². The smallest absolute Gasteiger partial charge is 0.119 e. The Hall–Kier alpha value is -1.02. The van der Waals surface area contributed by atoms with Crippen molar-refractivity contribution in [1.29, 1.82) is 0 Å². The Kier molecular flexibility index (Phi) is 6.95. The van der Waals surface area contributed by atoms with Crippen LogP contribution < -0.4 is 4.74 Å². The molecular formula is C21H35NO. The monoisotopic (exact) mass is 317 g/mol. The van der Waals surface area contributed by atoms with Gasteiger partial charge in [-0.25, -0.2) is 0 Å². The zero-order valence-corrected chi connectivity index (χ0v) is 15.6. The molecule has 1 aliphatic heterocycles. The van der Waals surface area contributed by atoms with Crippen molar-refractivity contribution in [2.75, 3.05) is 26.2 Å². The van der Waals surface area contributed by atoms with Gasteiger partial charge < -0.3 is 9.64 Å². The van der Waals surface area contributed by atoms with Crippen molar-refractivity contribution in [2.45, 2.75) is 59.8 Å². The fraction of sp³-hybridized carbons (Fsp3) is 0.714. The van der Waals surface area contributed by atoms with E-state index in [0.717, 1.165) is 24.7 Å². The van der Waals surface area contributed by atoms with E-state index in [1.54, 1.807) is 0 Å². The van der Waals surface area contributed by atoms with E-state index in [1.165, 1.54) is 50.9 Å². The predicted octanol–water partition coefficient (Wildman–Crippen LogP) is 5.17. The first kappa shape index (κ1) is 18.3. The summed E-state index contributed by atoms with van der Waals surface area (Å²) in [5.41, 5.74) is 1.70. The number of hydrogen-bond acceptors (Lipinski definition) is 2. The molecule has 2 nitrogen and oxygen atoms in total. The average molecular weight is 318 g/mol. The van der Waals surface area contributed by atoms with Gasteiger partial charge in [0.2, 0.25) is 0 Å². The molecule has 23 heavy (non-hydrogen) atoms. The number of likely N-dealkylation sites (tertiary alicyclic amines) is 1. The highest BCUT2D eigenvalue weighted by Crippen LogP contribution is 2.24. The summed E-state index contributed by atoms with van der Waals surface area (Å²) >= 11 is 0. The maximum absolute atomic E-state index is 5.98. The van der Waals surface area contributed by atoms with Crippen LogP contribution in [0.5, 0.6) is 5.75 Å². The molecule has 0 bridgehead atoms. The summed E-state index contributed by atoms with van der Waals surface area (Å²) in [6, 6.07) is 8.63. The van der Waals surface area contributed by atoms with Gasteiger partial charge in [0.1, 0.15) is 5.75 Å². The first-order chi connectivity index (χ1) is 11.0. The fourth-order valence-corrected chi connectivity index (χ4v) is 3.51. The molecule has 130 valence electrons. The van der Waals surface area contributed by atoms with E-state index in [-0.39, 0.29) is 0 Å². The lowest BCUT2D eigenvalue weighted by atomic mass is 9.88. The van der Waals surface area contributed by atoms with Crippen LogP contribution in [0.1, 0.15) is 58.9 Å². The molecular weight excluding hydrogens is 282 g/mol. The van der Waals surface area contributed by atoms with Gasteiger partial charge in [-0.2, -0.15) is 0 Å². The predicted molar refractivity (Wildman–Crippen MR) is 99.2 cm³/mol. The highest BCUT2D eigenvalue weighted by molar-refractivity contribution is 5.29. The molecule has 0 amide bonds. The van der Waals surface area contributed by atoms with E-state index in [9.17, 15) is 0 Å². The summed E-state index contributed by atoms with van der Waals surface area (Å²) in [5, 5.41) is 0. The largest absolute Gasteiger partial charge is 0.494 e. The topological polar surface area (TPSA) is 12.5 Å². The van der Waals surface area contributed by atoms with E-state index >= 15 is 0 Å². The van der Waals surface area contributed by atoms with Crippen LogP contribution in [-0.2, 0) is 6.42 Å². The second-order valence-electron chi connectivity index (χ2n) is 8.25. The molecule has 0 saturated carbocycles. The molecule has 1 aromatic carbocycles. The van der Waals surface area contributed by atoms with Gasteiger partial charge >= 0.3 is 0 Å². The standard InChI is InChI=1S/C21H35NO/c1-5-22-13-11-18(12-14-22)9-7-15-23-20-10-6-8-19(16-20)17-21(2,3)4/h6,8,10,16,18H,5,7,9,11-15,17H2,1-4H3. The van der Waals surface area contributed by atoms with Crippen LogP contribution in [0.15, 0.2) is 24.3 Å². The van der Waals surface area contributed by atoms with Crippen LogP contribution >= 0.6 is 0 Å². The molecule has 0 unspecified atom stereocenters. The minimum Gasteiger partial charge on any atom is -0.494 e. The van der Waals surface area contributed by atoms with Crippen molar-refractivity contribution >= 4 is 0 Å². The van der Waals surface area contributed by atoms with E-state index in [2.05, 4.69) is 56.9 Å². The summed E-state index contributed by atoms with van der Waals surface area (Å²) in [6.07, 6.45) is 6.34. The van der Waals surface area contributed by atoms with Gasteiger partial charge in [0.15, 0.2) is 0 Å². The molecule has 1 heterocycles.